The Balaban J connectivity index is 2.33. The van der Waals surface area contributed by atoms with E-state index in [9.17, 15) is 0 Å². The van der Waals surface area contributed by atoms with E-state index in [2.05, 4.69) is 51.5 Å². The molecule has 0 bridgehead atoms. The third-order valence-electron chi connectivity index (χ3n) is 3.41. The van der Waals surface area contributed by atoms with Crippen LogP contribution < -0.4 is 5.32 Å². The third kappa shape index (κ3) is 3.89. The van der Waals surface area contributed by atoms with Crippen LogP contribution in [0.1, 0.15) is 62.3 Å². The molecule has 0 aliphatic carbocycles. The van der Waals surface area contributed by atoms with Gasteiger partial charge in [-0.1, -0.05) is 31.7 Å². The maximum atomic E-state index is 4.46. The minimum atomic E-state index is 0.153. The van der Waals surface area contributed by atoms with Crippen molar-refractivity contribution in [2.24, 2.45) is 0 Å². The molecular formula is C15H25N5S. The van der Waals surface area contributed by atoms with Gasteiger partial charge in [0.15, 0.2) is 0 Å². The van der Waals surface area contributed by atoms with Gasteiger partial charge in [-0.3, -0.25) is 4.68 Å². The average Bonchev–Trinajstić information content (AvgIpc) is 3.11. The molecule has 0 aromatic carbocycles. The molecule has 116 valence electrons. The molecule has 21 heavy (non-hydrogen) atoms. The van der Waals surface area contributed by atoms with Crippen molar-refractivity contribution in [2.45, 2.75) is 59.0 Å². The lowest BCUT2D eigenvalue weighted by atomic mass is 10.1. The van der Waals surface area contributed by atoms with E-state index < -0.39 is 0 Å². The third-order valence-corrected chi connectivity index (χ3v) is 4.24. The second-order valence-corrected chi connectivity index (χ2v) is 5.99. The highest BCUT2D eigenvalue weighted by molar-refractivity contribution is 7.05. The molecule has 0 saturated heterocycles. The Morgan fingerprint density at radius 3 is 2.81 bits per heavy atom. The van der Waals surface area contributed by atoms with Gasteiger partial charge < -0.3 is 5.32 Å². The summed E-state index contributed by atoms with van der Waals surface area (Å²) in [6.45, 7) is 8.47. The van der Waals surface area contributed by atoms with E-state index in [1.54, 1.807) is 0 Å². The van der Waals surface area contributed by atoms with Crippen LogP contribution in [0.5, 0.6) is 0 Å². The standard InChI is InChI=1S/C15H25N5S/c1-4-7-12-15(21-19-18-12)14(16-9-5-2)13-8-10-17-20(13)11-6-3/h8,10,14,16H,4-7,9,11H2,1-3H3. The molecule has 0 fully saturated rings. The van der Waals surface area contributed by atoms with Gasteiger partial charge in [-0.15, -0.1) is 5.10 Å². The molecule has 1 N–H and O–H groups in total. The Bertz CT molecular complexity index is 489. The zero-order valence-electron chi connectivity index (χ0n) is 13.2. The summed E-state index contributed by atoms with van der Waals surface area (Å²) in [7, 11) is 0. The van der Waals surface area contributed by atoms with Gasteiger partial charge >= 0.3 is 0 Å². The molecule has 2 aromatic rings. The van der Waals surface area contributed by atoms with Crippen LogP contribution in [0, 0.1) is 0 Å². The summed E-state index contributed by atoms with van der Waals surface area (Å²) in [6, 6.07) is 2.26. The van der Waals surface area contributed by atoms with E-state index in [0.717, 1.165) is 44.5 Å². The van der Waals surface area contributed by atoms with Gasteiger partial charge in [-0.05, 0) is 43.4 Å². The Hall–Kier alpha value is -1.27. The van der Waals surface area contributed by atoms with Gasteiger partial charge in [-0.25, -0.2) is 0 Å². The zero-order chi connectivity index (χ0) is 15.1. The van der Waals surface area contributed by atoms with Gasteiger partial charge in [0.2, 0.25) is 0 Å². The van der Waals surface area contributed by atoms with Crippen molar-refractivity contribution in [1.82, 2.24) is 24.7 Å². The first-order chi connectivity index (χ1) is 10.3. The van der Waals surface area contributed by atoms with Gasteiger partial charge in [0, 0.05) is 12.7 Å². The molecule has 5 nitrogen and oxygen atoms in total. The topological polar surface area (TPSA) is 55.6 Å². The Kier molecular flexibility index (Phi) is 6.32. The zero-order valence-corrected chi connectivity index (χ0v) is 14.0. The van der Waals surface area contributed by atoms with Crippen molar-refractivity contribution in [3.05, 3.63) is 28.5 Å². The lowest BCUT2D eigenvalue weighted by molar-refractivity contribution is 0.513. The van der Waals surface area contributed by atoms with E-state index in [0.29, 0.717) is 0 Å². The van der Waals surface area contributed by atoms with Gasteiger partial charge in [0.25, 0.3) is 0 Å². The summed E-state index contributed by atoms with van der Waals surface area (Å²) in [5, 5.41) is 12.4. The maximum Gasteiger partial charge on any atom is 0.0877 e. The van der Waals surface area contributed by atoms with Crippen LogP contribution in [-0.2, 0) is 13.0 Å². The molecule has 0 aliphatic rings. The van der Waals surface area contributed by atoms with E-state index in [1.165, 1.54) is 22.1 Å². The molecule has 1 unspecified atom stereocenters. The van der Waals surface area contributed by atoms with Crippen molar-refractivity contribution < 1.29 is 0 Å². The minimum Gasteiger partial charge on any atom is -0.304 e. The highest BCUT2D eigenvalue weighted by atomic mass is 32.1. The van der Waals surface area contributed by atoms with Gasteiger partial charge in [0.05, 0.1) is 22.3 Å². The monoisotopic (exact) mass is 307 g/mol. The van der Waals surface area contributed by atoms with Crippen LogP contribution >= 0.6 is 11.5 Å². The largest absolute Gasteiger partial charge is 0.304 e. The fraction of sp³-hybridized carbons (Fsp3) is 0.667. The normalized spacial score (nSPS) is 12.7. The molecule has 1 atom stereocenters. The number of hydrogen-bond acceptors (Lipinski definition) is 5. The van der Waals surface area contributed by atoms with Crippen LogP contribution in [0.2, 0.25) is 0 Å². The Morgan fingerprint density at radius 1 is 1.24 bits per heavy atom. The number of aryl methyl sites for hydroxylation is 2. The predicted molar refractivity (Wildman–Crippen MR) is 86.6 cm³/mol. The van der Waals surface area contributed by atoms with Crippen LogP contribution in [0.25, 0.3) is 0 Å². The second-order valence-electron chi connectivity index (χ2n) is 5.20. The first kappa shape index (κ1) is 16.1. The smallest absolute Gasteiger partial charge is 0.0877 e. The fourth-order valence-electron chi connectivity index (χ4n) is 2.45. The lowest BCUT2D eigenvalue weighted by Gasteiger charge is -2.19. The second kappa shape index (κ2) is 8.24. The summed E-state index contributed by atoms with van der Waals surface area (Å²) in [4.78, 5) is 1.24. The molecule has 0 saturated carbocycles. The number of nitrogens with one attached hydrogen (secondary N) is 1. The van der Waals surface area contributed by atoms with Crippen molar-refractivity contribution in [1.29, 1.82) is 0 Å². The van der Waals surface area contributed by atoms with Crippen molar-refractivity contribution >= 4 is 11.5 Å². The highest BCUT2D eigenvalue weighted by Crippen LogP contribution is 2.28. The van der Waals surface area contributed by atoms with Gasteiger partial charge in [0.1, 0.15) is 0 Å². The molecule has 0 radical (unpaired) electrons. The lowest BCUT2D eigenvalue weighted by Crippen LogP contribution is -2.26. The highest BCUT2D eigenvalue weighted by Gasteiger charge is 2.23. The molecule has 0 spiro atoms. The molecule has 2 aromatic heterocycles. The van der Waals surface area contributed by atoms with Crippen molar-refractivity contribution in [2.75, 3.05) is 6.54 Å². The SMILES string of the molecule is CCCNC(c1snnc1CCC)c1ccnn1CCC. The molecule has 2 heterocycles. The van der Waals surface area contributed by atoms with Crippen molar-refractivity contribution in [3.63, 3.8) is 0 Å². The molecule has 2 rings (SSSR count). The average molecular weight is 307 g/mol. The molecule has 6 heteroatoms. The van der Waals surface area contributed by atoms with E-state index in [-0.39, 0.29) is 6.04 Å². The van der Waals surface area contributed by atoms with Crippen LogP contribution in [-0.4, -0.2) is 25.9 Å². The summed E-state index contributed by atoms with van der Waals surface area (Å²) >= 11 is 1.51. The van der Waals surface area contributed by atoms with Gasteiger partial charge in [-0.2, -0.15) is 5.10 Å². The first-order valence-electron chi connectivity index (χ1n) is 7.87. The molecule has 0 amide bonds. The maximum absolute atomic E-state index is 4.46. The Labute approximate surface area is 130 Å². The number of rotatable bonds is 9. The van der Waals surface area contributed by atoms with Crippen LogP contribution in [0.15, 0.2) is 12.3 Å². The predicted octanol–water partition coefficient (Wildman–Crippen LogP) is 3.19. The Morgan fingerprint density at radius 2 is 2.10 bits per heavy atom. The van der Waals surface area contributed by atoms with E-state index >= 15 is 0 Å². The summed E-state index contributed by atoms with van der Waals surface area (Å²) in [5.41, 5.74) is 2.34. The first-order valence-corrected chi connectivity index (χ1v) is 8.65. The fourth-order valence-corrected chi connectivity index (χ4v) is 3.24. The summed E-state index contributed by atoms with van der Waals surface area (Å²) in [5.74, 6) is 0. The number of hydrogen-bond donors (Lipinski definition) is 1. The minimum absolute atomic E-state index is 0.153. The van der Waals surface area contributed by atoms with E-state index in [1.807, 2.05) is 6.20 Å². The quantitative estimate of drug-likeness (QED) is 0.773. The van der Waals surface area contributed by atoms with Crippen LogP contribution in [0.3, 0.4) is 0 Å². The van der Waals surface area contributed by atoms with E-state index in [4.69, 9.17) is 0 Å². The molecule has 0 aliphatic heterocycles. The van der Waals surface area contributed by atoms with Crippen LogP contribution in [0.4, 0.5) is 0 Å². The summed E-state index contributed by atoms with van der Waals surface area (Å²) in [6.07, 6.45) is 6.15. The summed E-state index contributed by atoms with van der Waals surface area (Å²) < 4.78 is 6.28. The van der Waals surface area contributed by atoms with Crippen molar-refractivity contribution in [3.8, 4) is 0 Å². The number of nitrogens with zero attached hydrogens (tertiary/aromatic N) is 4. The number of aromatic nitrogens is 4. The molecular weight excluding hydrogens is 282 g/mol.